The molecule has 2 amide bonds. The molecule has 0 heterocycles. The lowest BCUT2D eigenvalue weighted by atomic mass is 10.2. The largest absolute Gasteiger partial charge is 0.350 e. The second-order valence-electron chi connectivity index (χ2n) is 4.63. The molecule has 0 fully saturated rings. The minimum atomic E-state index is -0.442. The molecule has 4 nitrogen and oxygen atoms in total. The van der Waals surface area contributed by atoms with Crippen LogP contribution in [0.2, 0.25) is 0 Å². The van der Waals surface area contributed by atoms with Gasteiger partial charge in [0.25, 0.3) is 0 Å². The summed E-state index contributed by atoms with van der Waals surface area (Å²) in [6.45, 7) is 4.18. The van der Waals surface area contributed by atoms with Crippen LogP contribution in [0.1, 0.15) is 32.3 Å². The summed E-state index contributed by atoms with van der Waals surface area (Å²) in [5.74, 6) is -0.124. The van der Waals surface area contributed by atoms with Crippen molar-refractivity contribution in [2.75, 3.05) is 7.05 Å². The number of nitrogens with zero attached hydrogens (tertiary/aromatic N) is 1. The predicted octanol–water partition coefficient (Wildman–Crippen LogP) is 1.95. The van der Waals surface area contributed by atoms with Gasteiger partial charge in [-0.3, -0.25) is 9.59 Å². The molecule has 0 spiro atoms. The quantitative estimate of drug-likeness (QED) is 0.852. The van der Waals surface area contributed by atoms with E-state index in [-0.39, 0.29) is 11.8 Å². The first-order valence-electron chi connectivity index (χ1n) is 6.63. The maximum absolute atomic E-state index is 12.0. The summed E-state index contributed by atoms with van der Waals surface area (Å²) < 4.78 is 0. The summed E-state index contributed by atoms with van der Waals surface area (Å²) in [6, 6.07) is 9.27. The Labute approximate surface area is 114 Å². The number of carbonyl (C=O) groups is 2. The predicted molar refractivity (Wildman–Crippen MR) is 75.4 cm³/mol. The first-order chi connectivity index (χ1) is 9.06. The highest BCUT2D eigenvalue weighted by molar-refractivity contribution is 5.87. The smallest absolute Gasteiger partial charge is 0.242 e. The van der Waals surface area contributed by atoms with Crippen molar-refractivity contribution in [3.8, 4) is 0 Å². The third kappa shape index (κ3) is 4.73. The molecule has 1 atom stereocenters. The van der Waals surface area contributed by atoms with Crippen LogP contribution < -0.4 is 5.32 Å². The van der Waals surface area contributed by atoms with Crippen LogP contribution in [0.3, 0.4) is 0 Å². The summed E-state index contributed by atoms with van der Waals surface area (Å²) in [6.07, 6.45) is 1.27. The molecule has 104 valence electrons. The number of hydrogen-bond donors (Lipinski definition) is 1. The molecule has 1 aromatic rings. The fourth-order valence-electron chi connectivity index (χ4n) is 1.71. The maximum Gasteiger partial charge on any atom is 0.242 e. The lowest BCUT2D eigenvalue weighted by molar-refractivity contribution is -0.138. The van der Waals surface area contributed by atoms with E-state index in [9.17, 15) is 9.59 Å². The topological polar surface area (TPSA) is 49.4 Å². The van der Waals surface area contributed by atoms with Crippen LogP contribution in [0.4, 0.5) is 0 Å². The molecule has 0 saturated heterocycles. The average molecular weight is 262 g/mol. The van der Waals surface area contributed by atoms with Crippen molar-refractivity contribution < 1.29 is 9.59 Å². The number of nitrogens with one attached hydrogen (secondary N) is 1. The molecule has 0 aromatic heterocycles. The van der Waals surface area contributed by atoms with Gasteiger partial charge < -0.3 is 10.2 Å². The normalized spacial score (nSPS) is 11.7. The molecule has 19 heavy (non-hydrogen) atoms. The highest BCUT2D eigenvalue weighted by Crippen LogP contribution is 2.03. The van der Waals surface area contributed by atoms with Crippen molar-refractivity contribution in [2.24, 2.45) is 0 Å². The zero-order valence-electron chi connectivity index (χ0n) is 11.8. The zero-order valence-corrected chi connectivity index (χ0v) is 11.8. The Balaban J connectivity index is 2.46. The Kier molecular flexibility index (Phi) is 6.06. The van der Waals surface area contributed by atoms with Gasteiger partial charge in [0, 0.05) is 20.0 Å². The van der Waals surface area contributed by atoms with Crippen LogP contribution in [0, 0.1) is 0 Å². The van der Waals surface area contributed by atoms with Crippen LogP contribution in [0.15, 0.2) is 30.3 Å². The number of carbonyl (C=O) groups excluding carboxylic acids is 2. The van der Waals surface area contributed by atoms with Crippen molar-refractivity contribution in [1.29, 1.82) is 0 Å². The van der Waals surface area contributed by atoms with Crippen LogP contribution >= 0.6 is 0 Å². The van der Waals surface area contributed by atoms with E-state index in [2.05, 4.69) is 5.32 Å². The van der Waals surface area contributed by atoms with E-state index in [4.69, 9.17) is 0 Å². The fourth-order valence-corrected chi connectivity index (χ4v) is 1.71. The molecule has 1 aromatic carbocycles. The number of benzene rings is 1. The van der Waals surface area contributed by atoms with Crippen molar-refractivity contribution in [3.63, 3.8) is 0 Å². The van der Waals surface area contributed by atoms with Gasteiger partial charge in [-0.15, -0.1) is 0 Å². The Morgan fingerprint density at radius 2 is 1.89 bits per heavy atom. The van der Waals surface area contributed by atoms with Gasteiger partial charge in [0.1, 0.15) is 6.04 Å². The standard InChI is InChI=1S/C15H22N2O2/c1-4-8-14(18)17(3)12(2)15(19)16-11-13-9-6-5-7-10-13/h5-7,9-10,12H,4,8,11H2,1-3H3,(H,16,19)/t12-/m0/s1. The van der Waals surface area contributed by atoms with E-state index in [1.54, 1.807) is 14.0 Å². The first kappa shape index (κ1) is 15.2. The van der Waals surface area contributed by atoms with Gasteiger partial charge in [-0.25, -0.2) is 0 Å². The third-order valence-corrected chi connectivity index (χ3v) is 3.13. The SMILES string of the molecule is CCCC(=O)N(C)[C@@H](C)C(=O)NCc1ccccc1. The van der Waals surface area contributed by atoms with Crippen molar-refractivity contribution in [3.05, 3.63) is 35.9 Å². The maximum atomic E-state index is 12.0. The third-order valence-electron chi connectivity index (χ3n) is 3.13. The summed E-state index contributed by atoms with van der Waals surface area (Å²) >= 11 is 0. The van der Waals surface area contributed by atoms with Gasteiger partial charge in [-0.05, 0) is 18.9 Å². The van der Waals surface area contributed by atoms with Crippen molar-refractivity contribution in [1.82, 2.24) is 10.2 Å². The second-order valence-corrected chi connectivity index (χ2v) is 4.63. The minimum Gasteiger partial charge on any atom is -0.350 e. The van der Waals surface area contributed by atoms with Crippen LogP contribution in [0.5, 0.6) is 0 Å². The van der Waals surface area contributed by atoms with E-state index in [1.165, 1.54) is 4.90 Å². The summed E-state index contributed by atoms with van der Waals surface area (Å²) in [4.78, 5) is 25.2. The number of rotatable bonds is 6. The summed E-state index contributed by atoms with van der Waals surface area (Å²) in [5.41, 5.74) is 1.05. The van der Waals surface area contributed by atoms with Gasteiger partial charge in [0.2, 0.25) is 11.8 Å². The molecule has 1 N–H and O–H groups in total. The van der Waals surface area contributed by atoms with Crippen molar-refractivity contribution in [2.45, 2.75) is 39.3 Å². The lowest BCUT2D eigenvalue weighted by Gasteiger charge is -2.24. The molecule has 0 bridgehead atoms. The Bertz CT molecular complexity index is 417. The molecule has 0 aliphatic carbocycles. The average Bonchev–Trinajstić information content (AvgIpc) is 2.44. The lowest BCUT2D eigenvalue weighted by Crippen LogP contribution is -2.45. The molecule has 0 aliphatic rings. The van der Waals surface area contributed by atoms with Crippen LogP contribution in [-0.4, -0.2) is 29.8 Å². The van der Waals surface area contributed by atoms with Gasteiger partial charge in [-0.1, -0.05) is 37.3 Å². The number of likely N-dealkylation sites (N-methyl/N-ethyl adjacent to an activating group) is 1. The molecule has 0 unspecified atom stereocenters. The van der Waals surface area contributed by atoms with Crippen LogP contribution in [-0.2, 0) is 16.1 Å². The van der Waals surface area contributed by atoms with E-state index in [0.29, 0.717) is 13.0 Å². The van der Waals surface area contributed by atoms with E-state index in [0.717, 1.165) is 12.0 Å². The number of amides is 2. The van der Waals surface area contributed by atoms with Crippen molar-refractivity contribution >= 4 is 11.8 Å². The highest BCUT2D eigenvalue weighted by atomic mass is 16.2. The molecule has 4 heteroatoms. The van der Waals surface area contributed by atoms with Gasteiger partial charge in [0.05, 0.1) is 0 Å². The Hall–Kier alpha value is -1.84. The molecular formula is C15H22N2O2. The monoisotopic (exact) mass is 262 g/mol. The molecule has 0 saturated carbocycles. The molecule has 1 rings (SSSR count). The fraction of sp³-hybridized carbons (Fsp3) is 0.467. The van der Waals surface area contributed by atoms with Gasteiger partial charge >= 0.3 is 0 Å². The van der Waals surface area contributed by atoms with Crippen LogP contribution in [0.25, 0.3) is 0 Å². The zero-order chi connectivity index (χ0) is 14.3. The first-order valence-corrected chi connectivity index (χ1v) is 6.63. The summed E-state index contributed by atoms with van der Waals surface area (Å²) in [7, 11) is 1.67. The van der Waals surface area contributed by atoms with E-state index < -0.39 is 6.04 Å². The molecule has 0 aliphatic heterocycles. The molecular weight excluding hydrogens is 240 g/mol. The Morgan fingerprint density at radius 1 is 1.26 bits per heavy atom. The highest BCUT2D eigenvalue weighted by Gasteiger charge is 2.21. The molecule has 0 radical (unpaired) electrons. The minimum absolute atomic E-state index is 0.00450. The van der Waals surface area contributed by atoms with Gasteiger partial charge in [-0.2, -0.15) is 0 Å². The summed E-state index contributed by atoms with van der Waals surface area (Å²) in [5, 5.41) is 2.84. The van der Waals surface area contributed by atoms with Gasteiger partial charge in [0.15, 0.2) is 0 Å². The Morgan fingerprint density at radius 3 is 2.47 bits per heavy atom. The number of hydrogen-bond acceptors (Lipinski definition) is 2. The second kappa shape index (κ2) is 7.56. The van der Waals surface area contributed by atoms with E-state index >= 15 is 0 Å². The van der Waals surface area contributed by atoms with E-state index in [1.807, 2.05) is 37.3 Å².